The smallest absolute Gasteiger partial charge is 0.196 e. The first-order valence-electron chi connectivity index (χ1n) is 6.12. The molecule has 0 spiro atoms. The lowest BCUT2D eigenvalue weighted by atomic mass is 10.3. The van der Waals surface area contributed by atoms with Crippen LogP contribution in [-0.2, 0) is 13.2 Å². The van der Waals surface area contributed by atoms with Gasteiger partial charge in [0.15, 0.2) is 11.6 Å². The molecule has 102 valence electrons. The maximum atomic E-state index is 9.01. The number of benzene rings is 1. The van der Waals surface area contributed by atoms with Gasteiger partial charge in [-0.2, -0.15) is 5.10 Å². The second kappa shape index (κ2) is 5.17. The van der Waals surface area contributed by atoms with Crippen molar-refractivity contribution in [3.63, 3.8) is 0 Å². The zero-order chi connectivity index (χ0) is 13.9. The van der Waals surface area contributed by atoms with E-state index >= 15 is 0 Å². The molecule has 20 heavy (non-hydrogen) atoms. The molecule has 1 N–H and O–H groups in total. The highest BCUT2D eigenvalue weighted by molar-refractivity contribution is 5.27. The van der Waals surface area contributed by atoms with E-state index in [9.17, 15) is 0 Å². The average molecular weight is 271 g/mol. The van der Waals surface area contributed by atoms with Crippen LogP contribution < -0.4 is 0 Å². The second-order valence-corrected chi connectivity index (χ2v) is 4.22. The van der Waals surface area contributed by atoms with Crippen LogP contribution in [0.3, 0.4) is 0 Å². The first-order chi connectivity index (χ1) is 9.76. The van der Waals surface area contributed by atoms with Crippen LogP contribution in [0.25, 0.3) is 5.69 Å². The lowest BCUT2D eigenvalue weighted by molar-refractivity contribution is 0.270. The Bertz CT molecular complexity index is 704. The van der Waals surface area contributed by atoms with E-state index < -0.39 is 0 Å². The van der Waals surface area contributed by atoms with Crippen molar-refractivity contribution in [1.29, 1.82) is 0 Å². The van der Waals surface area contributed by atoms with Gasteiger partial charge in [-0.05, 0) is 24.3 Å². The van der Waals surface area contributed by atoms with Gasteiger partial charge in [0.25, 0.3) is 0 Å². The third kappa shape index (κ3) is 2.41. The summed E-state index contributed by atoms with van der Waals surface area (Å²) in [6.07, 6.45) is 0. The summed E-state index contributed by atoms with van der Waals surface area (Å²) >= 11 is 0. The van der Waals surface area contributed by atoms with Gasteiger partial charge in [0, 0.05) is 0 Å². The fraction of sp³-hybridized carbons (Fsp3) is 0.250. The fourth-order valence-electron chi connectivity index (χ4n) is 1.81. The van der Waals surface area contributed by atoms with Gasteiger partial charge in [0.2, 0.25) is 0 Å². The number of hydrogen-bond donors (Lipinski definition) is 1. The number of aliphatic hydroxyl groups is 1. The predicted molar refractivity (Wildman–Crippen MR) is 68.9 cm³/mol. The molecule has 0 radical (unpaired) electrons. The summed E-state index contributed by atoms with van der Waals surface area (Å²) in [4.78, 5) is 5.58. The molecule has 0 aliphatic heterocycles. The number of rotatable bonds is 4. The number of aryl methyl sites for hydroxylation is 1. The Morgan fingerprint density at radius 1 is 1.10 bits per heavy atom. The SMILES string of the molecule is Cc1nc(CO)nn1Cc1nnn(-c2ccccc2)n1. The van der Waals surface area contributed by atoms with Gasteiger partial charge in [-0.1, -0.05) is 18.2 Å². The van der Waals surface area contributed by atoms with Gasteiger partial charge in [0.05, 0.1) is 5.69 Å². The van der Waals surface area contributed by atoms with Gasteiger partial charge in [-0.3, -0.25) is 0 Å². The Hall–Kier alpha value is -2.61. The van der Waals surface area contributed by atoms with Gasteiger partial charge < -0.3 is 5.11 Å². The van der Waals surface area contributed by atoms with Crippen molar-refractivity contribution in [2.75, 3.05) is 0 Å². The topological polar surface area (TPSA) is 94.5 Å². The van der Waals surface area contributed by atoms with Crippen molar-refractivity contribution in [3.8, 4) is 5.69 Å². The summed E-state index contributed by atoms with van der Waals surface area (Å²) in [5, 5.41) is 25.4. The molecule has 3 aromatic rings. The third-order valence-electron chi connectivity index (χ3n) is 2.78. The number of nitrogens with zero attached hydrogens (tertiary/aromatic N) is 7. The minimum absolute atomic E-state index is 0.183. The monoisotopic (exact) mass is 271 g/mol. The highest BCUT2D eigenvalue weighted by atomic mass is 16.3. The highest BCUT2D eigenvalue weighted by Gasteiger charge is 2.10. The van der Waals surface area contributed by atoms with E-state index in [1.807, 2.05) is 37.3 Å². The van der Waals surface area contributed by atoms with Gasteiger partial charge in [-0.15, -0.1) is 15.0 Å². The van der Waals surface area contributed by atoms with Crippen molar-refractivity contribution >= 4 is 0 Å². The van der Waals surface area contributed by atoms with Crippen LogP contribution in [-0.4, -0.2) is 40.1 Å². The molecule has 0 saturated carbocycles. The van der Waals surface area contributed by atoms with Crippen LogP contribution in [0.4, 0.5) is 0 Å². The minimum Gasteiger partial charge on any atom is -0.388 e. The number of hydrogen-bond acceptors (Lipinski definition) is 6. The zero-order valence-electron chi connectivity index (χ0n) is 10.9. The highest BCUT2D eigenvalue weighted by Crippen LogP contribution is 2.04. The van der Waals surface area contributed by atoms with Crippen LogP contribution in [0.1, 0.15) is 17.5 Å². The van der Waals surface area contributed by atoms with E-state index in [0.717, 1.165) is 5.69 Å². The number of aromatic nitrogens is 7. The first-order valence-corrected chi connectivity index (χ1v) is 6.12. The lowest BCUT2D eigenvalue weighted by Gasteiger charge is -1.98. The van der Waals surface area contributed by atoms with Gasteiger partial charge >= 0.3 is 0 Å². The molecule has 0 atom stereocenters. The molecule has 0 amide bonds. The Kier molecular flexibility index (Phi) is 3.21. The van der Waals surface area contributed by atoms with Crippen LogP contribution in [0, 0.1) is 6.92 Å². The largest absolute Gasteiger partial charge is 0.388 e. The quantitative estimate of drug-likeness (QED) is 0.723. The molecular weight excluding hydrogens is 258 g/mol. The van der Waals surface area contributed by atoms with E-state index in [0.29, 0.717) is 24.0 Å². The molecule has 8 heteroatoms. The summed E-state index contributed by atoms with van der Waals surface area (Å²) in [5.41, 5.74) is 0.845. The molecule has 1 aromatic carbocycles. The fourth-order valence-corrected chi connectivity index (χ4v) is 1.81. The Morgan fingerprint density at radius 3 is 2.60 bits per heavy atom. The Morgan fingerprint density at radius 2 is 1.90 bits per heavy atom. The Labute approximate surface area is 114 Å². The minimum atomic E-state index is -0.183. The number of aliphatic hydroxyl groups excluding tert-OH is 1. The van der Waals surface area contributed by atoms with Crippen LogP contribution in [0.2, 0.25) is 0 Å². The molecule has 2 aromatic heterocycles. The van der Waals surface area contributed by atoms with Crippen molar-refractivity contribution in [1.82, 2.24) is 35.0 Å². The maximum Gasteiger partial charge on any atom is 0.196 e. The van der Waals surface area contributed by atoms with Crippen LogP contribution in [0.15, 0.2) is 30.3 Å². The molecule has 0 unspecified atom stereocenters. The van der Waals surface area contributed by atoms with Crippen LogP contribution >= 0.6 is 0 Å². The molecule has 8 nitrogen and oxygen atoms in total. The first kappa shape index (κ1) is 12.4. The summed E-state index contributed by atoms with van der Waals surface area (Å²) in [7, 11) is 0. The molecule has 0 aliphatic carbocycles. The molecule has 3 rings (SSSR count). The third-order valence-corrected chi connectivity index (χ3v) is 2.78. The second-order valence-electron chi connectivity index (χ2n) is 4.22. The van der Waals surface area contributed by atoms with Gasteiger partial charge in [0.1, 0.15) is 19.0 Å². The molecule has 0 aliphatic rings. The van der Waals surface area contributed by atoms with Crippen molar-refractivity contribution < 1.29 is 5.11 Å². The zero-order valence-corrected chi connectivity index (χ0v) is 10.9. The van der Waals surface area contributed by atoms with E-state index in [-0.39, 0.29) is 6.61 Å². The van der Waals surface area contributed by atoms with E-state index in [1.54, 1.807) is 4.68 Å². The molecule has 0 fully saturated rings. The van der Waals surface area contributed by atoms with E-state index in [2.05, 4.69) is 25.5 Å². The Balaban J connectivity index is 1.82. The van der Waals surface area contributed by atoms with Crippen molar-refractivity contribution in [3.05, 3.63) is 47.8 Å². The summed E-state index contributed by atoms with van der Waals surface area (Å²) in [6.45, 7) is 2.00. The molecule has 0 bridgehead atoms. The molecule has 2 heterocycles. The lowest BCUT2D eigenvalue weighted by Crippen LogP contribution is -2.06. The normalized spacial score (nSPS) is 10.9. The van der Waals surface area contributed by atoms with Gasteiger partial charge in [-0.25, -0.2) is 9.67 Å². The van der Waals surface area contributed by atoms with Crippen molar-refractivity contribution in [2.24, 2.45) is 0 Å². The molecular formula is C12H13N7O. The summed E-state index contributed by atoms with van der Waals surface area (Å²) in [6, 6.07) is 9.55. The van der Waals surface area contributed by atoms with Crippen molar-refractivity contribution in [2.45, 2.75) is 20.1 Å². The number of tetrazole rings is 1. The van der Waals surface area contributed by atoms with Crippen LogP contribution in [0.5, 0.6) is 0 Å². The summed E-state index contributed by atoms with van der Waals surface area (Å²) in [5.74, 6) is 1.62. The van der Waals surface area contributed by atoms with E-state index in [4.69, 9.17) is 5.11 Å². The summed E-state index contributed by atoms with van der Waals surface area (Å²) < 4.78 is 1.64. The van der Waals surface area contributed by atoms with E-state index in [1.165, 1.54) is 4.80 Å². The maximum absolute atomic E-state index is 9.01. The number of para-hydroxylation sites is 1. The average Bonchev–Trinajstić information content (AvgIpc) is 3.08. The standard InChI is InChI=1S/C12H13N7O/c1-9-13-12(8-20)15-18(9)7-11-14-17-19(16-11)10-5-3-2-4-6-10/h2-6,20H,7-8H2,1H3. The molecule has 0 saturated heterocycles. The predicted octanol–water partition coefficient (Wildman–Crippen LogP) is 0.103.